The Bertz CT molecular complexity index is 1230. The molecule has 0 spiro atoms. The van der Waals surface area contributed by atoms with E-state index in [2.05, 4.69) is 35.8 Å². The van der Waals surface area contributed by atoms with E-state index in [1.165, 1.54) is 18.6 Å². The van der Waals surface area contributed by atoms with Crippen LogP contribution in [0.4, 0.5) is 10.1 Å². The maximum atomic E-state index is 13.4. The number of carbonyl (C=O) groups excluding carboxylic acids is 1. The Balaban J connectivity index is 1.41. The Morgan fingerprint density at radius 1 is 1.16 bits per heavy atom. The van der Waals surface area contributed by atoms with Gasteiger partial charge in [-0.1, -0.05) is 6.07 Å². The zero-order chi connectivity index (χ0) is 22.5. The molecule has 9 nitrogen and oxygen atoms in total. The zero-order valence-corrected chi connectivity index (χ0v) is 17.5. The quantitative estimate of drug-likeness (QED) is 0.462. The Morgan fingerprint density at radius 2 is 2.03 bits per heavy atom. The number of nitrogens with one attached hydrogen (secondary N) is 2. The number of hydrogen-bond acceptors (Lipinski definition) is 7. The standard InChI is InChI=1S/C22H21FN8O/c1-14(16-8-17(23)11-25-10-16)28-22(32)15-4-3-5-18(9-15)26-12-20-29-30-21(31(20)2)19-6-7-24-13-27-19/h3-11,13-14,26H,12H2,1-2H3,(H,28,32)/t14-/m0/s1. The van der Waals surface area contributed by atoms with E-state index in [0.29, 0.717) is 35.0 Å². The van der Waals surface area contributed by atoms with Crippen molar-refractivity contribution in [2.75, 3.05) is 5.32 Å². The summed E-state index contributed by atoms with van der Waals surface area (Å²) < 4.78 is 15.2. The van der Waals surface area contributed by atoms with Crippen molar-refractivity contribution in [2.45, 2.75) is 19.5 Å². The van der Waals surface area contributed by atoms with Crippen LogP contribution in [0.3, 0.4) is 0 Å². The molecule has 0 aliphatic rings. The van der Waals surface area contributed by atoms with Gasteiger partial charge in [0.2, 0.25) is 0 Å². The Labute approximate surface area is 183 Å². The number of hydrogen-bond donors (Lipinski definition) is 2. The molecule has 0 bridgehead atoms. The summed E-state index contributed by atoms with van der Waals surface area (Å²) in [5, 5.41) is 14.5. The minimum Gasteiger partial charge on any atom is -0.378 e. The molecule has 1 aromatic carbocycles. The Morgan fingerprint density at radius 3 is 2.81 bits per heavy atom. The average Bonchev–Trinajstić information content (AvgIpc) is 3.18. The SMILES string of the molecule is C[C@H](NC(=O)c1cccc(NCc2nnc(-c3ccncn3)n2C)c1)c1cncc(F)c1. The molecule has 1 atom stereocenters. The highest BCUT2D eigenvalue weighted by Gasteiger charge is 2.14. The number of halogens is 1. The summed E-state index contributed by atoms with van der Waals surface area (Å²) in [6, 6.07) is 9.84. The van der Waals surface area contributed by atoms with E-state index in [0.717, 1.165) is 11.9 Å². The van der Waals surface area contributed by atoms with Crippen LogP contribution in [0.15, 0.2) is 61.3 Å². The number of carbonyl (C=O) groups is 1. The van der Waals surface area contributed by atoms with E-state index in [-0.39, 0.29) is 11.9 Å². The summed E-state index contributed by atoms with van der Waals surface area (Å²) in [4.78, 5) is 24.6. The number of nitrogens with zero attached hydrogens (tertiary/aromatic N) is 6. The highest BCUT2D eigenvalue weighted by Crippen LogP contribution is 2.17. The second-order valence-electron chi connectivity index (χ2n) is 7.16. The first-order valence-corrected chi connectivity index (χ1v) is 9.91. The highest BCUT2D eigenvalue weighted by atomic mass is 19.1. The summed E-state index contributed by atoms with van der Waals surface area (Å²) in [7, 11) is 1.86. The molecule has 0 fully saturated rings. The fourth-order valence-electron chi connectivity index (χ4n) is 3.14. The maximum absolute atomic E-state index is 13.4. The average molecular weight is 432 g/mol. The number of pyridine rings is 1. The molecule has 0 aliphatic heterocycles. The molecular formula is C22H21FN8O. The van der Waals surface area contributed by atoms with Gasteiger partial charge in [0.05, 0.1) is 18.8 Å². The van der Waals surface area contributed by atoms with E-state index < -0.39 is 5.82 Å². The predicted molar refractivity (Wildman–Crippen MR) is 116 cm³/mol. The lowest BCUT2D eigenvalue weighted by Gasteiger charge is -2.15. The maximum Gasteiger partial charge on any atom is 0.251 e. The van der Waals surface area contributed by atoms with Crippen molar-refractivity contribution in [1.29, 1.82) is 0 Å². The molecule has 32 heavy (non-hydrogen) atoms. The first-order chi connectivity index (χ1) is 15.5. The summed E-state index contributed by atoms with van der Waals surface area (Å²) in [5.74, 6) is 0.635. The van der Waals surface area contributed by atoms with Crippen LogP contribution in [0, 0.1) is 5.82 Å². The number of rotatable bonds is 7. The predicted octanol–water partition coefficient (Wildman–Crippen LogP) is 2.91. The van der Waals surface area contributed by atoms with Crippen LogP contribution in [-0.4, -0.2) is 35.6 Å². The number of aromatic nitrogens is 6. The van der Waals surface area contributed by atoms with Crippen LogP contribution in [0.25, 0.3) is 11.5 Å². The molecule has 10 heteroatoms. The van der Waals surface area contributed by atoms with E-state index in [4.69, 9.17) is 0 Å². The number of anilines is 1. The summed E-state index contributed by atoms with van der Waals surface area (Å²) in [6.45, 7) is 2.19. The van der Waals surface area contributed by atoms with Gasteiger partial charge in [0.15, 0.2) is 11.6 Å². The monoisotopic (exact) mass is 432 g/mol. The second kappa shape index (κ2) is 9.29. The second-order valence-corrected chi connectivity index (χ2v) is 7.16. The summed E-state index contributed by atoms with van der Waals surface area (Å²) in [6.07, 6.45) is 5.77. The number of benzene rings is 1. The molecule has 0 radical (unpaired) electrons. The van der Waals surface area contributed by atoms with Gasteiger partial charge in [-0.2, -0.15) is 0 Å². The lowest BCUT2D eigenvalue weighted by molar-refractivity contribution is 0.0940. The third-order valence-electron chi connectivity index (χ3n) is 4.93. The fraction of sp³-hybridized carbons (Fsp3) is 0.182. The van der Waals surface area contributed by atoms with Crippen molar-refractivity contribution in [3.63, 3.8) is 0 Å². The van der Waals surface area contributed by atoms with Gasteiger partial charge in [-0.25, -0.2) is 14.4 Å². The largest absolute Gasteiger partial charge is 0.378 e. The van der Waals surface area contributed by atoms with Crippen molar-refractivity contribution in [2.24, 2.45) is 7.05 Å². The molecule has 4 rings (SSSR count). The molecule has 2 N–H and O–H groups in total. The van der Waals surface area contributed by atoms with Gasteiger partial charge in [0.1, 0.15) is 17.8 Å². The normalized spacial score (nSPS) is 11.7. The summed E-state index contributed by atoms with van der Waals surface area (Å²) >= 11 is 0. The van der Waals surface area contributed by atoms with E-state index in [9.17, 15) is 9.18 Å². The fourth-order valence-corrected chi connectivity index (χ4v) is 3.14. The molecule has 3 heterocycles. The molecule has 1 amide bonds. The highest BCUT2D eigenvalue weighted by molar-refractivity contribution is 5.95. The van der Waals surface area contributed by atoms with Crippen LogP contribution < -0.4 is 10.6 Å². The molecule has 162 valence electrons. The lowest BCUT2D eigenvalue weighted by Crippen LogP contribution is -2.26. The van der Waals surface area contributed by atoms with Gasteiger partial charge in [-0.3, -0.25) is 9.78 Å². The number of amides is 1. The van der Waals surface area contributed by atoms with E-state index in [1.807, 2.05) is 17.7 Å². The molecule has 0 unspecified atom stereocenters. The van der Waals surface area contributed by atoms with Gasteiger partial charge < -0.3 is 15.2 Å². The van der Waals surface area contributed by atoms with Crippen LogP contribution in [0.5, 0.6) is 0 Å². The van der Waals surface area contributed by atoms with Crippen LogP contribution >= 0.6 is 0 Å². The molecular weight excluding hydrogens is 411 g/mol. The van der Waals surface area contributed by atoms with Crippen molar-refractivity contribution >= 4 is 11.6 Å². The zero-order valence-electron chi connectivity index (χ0n) is 17.5. The van der Waals surface area contributed by atoms with Crippen molar-refractivity contribution in [3.05, 3.63) is 84.1 Å². The Kier molecular flexibility index (Phi) is 6.11. The van der Waals surface area contributed by atoms with Crippen LogP contribution in [0.1, 0.15) is 34.7 Å². The first-order valence-electron chi connectivity index (χ1n) is 9.91. The van der Waals surface area contributed by atoms with Gasteiger partial charge in [-0.15, -0.1) is 10.2 Å². The smallest absolute Gasteiger partial charge is 0.251 e. The molecule has 0 saturated heterocycles. The van der Waals surface area contributed by atoms with E-state index in [1.54, 1.807) is 37.4 Å². The molecule has 4 aromatic rings. The van der Waals surface area contributed by atoms with Gasteiger partial charge in [-0.05, 0) is 42.8 Å². The van der Waals surface area contributed by atoms with Crippen LogP contribution in [0.2, 0.25) is 0 Å². The molecule has 3 aromatic heterocycles. The van der Waals surface area contributed by atoms with Gasteiger partial charge >= 0.3 is 0 Å². The van der Waals surface area contributed by atoms with Gasteiger partial charge in [0, 0.05) is 30.7 Å². The van der Waals surface area contributed by atoms with E-state index >= 15 is 0 Å². The third kappa shape index (κ3) is 4.75. The molecule has 0 saturated carbocycles. The van der Waals surface area contributed by atoms with Crippen LogP contribution in [-0.2, 0) is 13.6 Å². The topological polar surface area (TPSA) is 111 Å². The van der Waals surface area contributed by atoms with Crippen molar-refractivity contribution in [1.82, 2.24) is 35.0 Å². The van der Waals surface area contributed by atoms with Gasteiger partial charge in [0.25, 0.3) is 5.91 Å². The van der Waals surface area contributed by atoms with Crippen molar-refractivity contribution < 1.29 is 9.18 Å². The lowest BCUT2D eigenvalue weighted by atomic mass is 10.1. The van der Waals surface area contributed by atoms with Crippen molar-refractivity contribution in [3.8, 4) is 11.5 Å². The Hall–Kier alpha value is -4.21. The minimum atomic E-state index is -0.443. The minimum absolute atomic E-state index is 0.268. The summed E-state index contributed by atoms with van der Waals surface area (Å²) in [5.41, 5.74) is 2.51. The first kappa shape index (κ1) is 21.0. The molecule has 0 aliphatic carbocycles. The third-order valence-corrected chi connectivity index (χ3v) is 4.93.